The summed E-state index contributed by atoms with van der Waals surface area (Å²) in [5, 5.41) is 4.36. The minimum absolute atomic E-state index is 0.00150. The predicted molar refractivity (Wildman–Crippen MR) is 95.2 cm³/mol. The van der Waals surface area contributed by atoms with Crippen molar-refractivity contribution in [3.63, 3.8) is 0 Å². The van der Waals surface area contributed by atoms with E-state index in [1.54, 1.807) is 16.8 Å². The molecule has 0 spiro atoms. The second-order valence-electron chi connectivity index (χ2n) is 7.40. The second-order valence-corrected chi connectivity index (χ2v) is 7.40. The average molecular weight is 339 g/mol. The molecule has 0 aromatic carbocycles. The topological polar surface area (TPSA) is 63.9 Å². The van der Waals surface area contributed by atoms with Gasteiger partial charge in [0.15, 0.2) is 0 Å². The first kappa shape index (κ1) is 16.4. The highest BCUT2D eigenvalue weighted by Gasteiger charge is 2.27. The van der Waals surface area contributed by atoms with Crippen LogP contribution in [0.3, 0.4) is 0 Å². The van der Waals surface area contributed by atoms with Crippen LogP contribution in [0.25, 0.3) is 0 Å². The van der Waals surface area contributed by atoms with Crippen LogP contribution in [0.15, 0.2) is 29.2 Å². The van der Waals surface area contributed by atoms with E-state index in [0.717, 1.165) is 56.2 Å². The molecule has 25 heavy (non-hydrogen) atoms. The summed E-state index contributed by atoms with van der Waals surface area (Å²) in [5.41, 5.74) is 2.03. The van der Waals surface area contributed by atoms with E-state index in [-0.39, 0.29) is 5.56 Å². The molecule has 1 saturated heterocycles. The lowest BCUT2D eigenvalue weighted by Crippen LogP contribution is -2.36. The summed E-state index contributed by atoms with van der Waals surface area (Å²) < 4.78 is 1.63. The Hall–Kier alpha value is -2.08. The van der Waals surface area contributed by atoms with Gasteiger partial charge in [-0.05, 0) is 63.7 Å². The zero-order valence-electron chi connectivity index (χ0n) is 14.8. The van der Waals surface area contributed by atoms with Crippen LogP contribution >= 0.6 is 0 Å². The maximum atomic E-state index is 11.9. The first-order valence-corrected chi connectivity index (χ1v) is 9.26. The van der Waals surface area contributed by atoms with Gasteiger partial charge >= 0.3 is 0 Å². The summed E-state index contributed by atoms with van der Waals surface area (Å²) in [4.78, 5) is 23.5. The highest BCUT2D eigenvalue weighted by Crippen LogP contribution is 2.37. The van der Waals surface area contributed by atoms with Crippen LogP contribution in [0, 0.1) is 12.8 Å². The van der Waals surface area contributed by atoms with Crippen molar-refractivity contribution in [1.82, 2.24) is 24.6 Å². The largest absolute Gasteiger partial charge is 0.297 e. The van der Waals surface area contributed by atoms with Crippen molar-refractivity contribution in [2.75, 3.05) is 13.1 Å². The lowest BCUT2D eigenvalue weighted by Gasteiger charge is -2.31. The SMILES string of the molecule is Cc1ccc(=O)n(CC2CCN(Cc3ccnc(C4CC4)n3)CC2)n1. The molecule has 0 unspecified atom stereocenters. The Balaban J connectivity index is 1.31. The average Bonchev–Trinajstić information content (AvgIpc) is 3.45. The van der Waals surface area contributed by atoms with E-state index in [1.165, 1.54) is 12.8 Å². The van der Waals surface area contributed by atoms with Gasteiger partial charge in [0.2, 0.25) is 0 Å². The molecule has 0 N–H and O–H groups in total. The number of likely N-dealkylation sites (tertiary alicyclic amines) is 1. The van der Waals surface area contributed by atoms with Crippen LogP contribution < -0.4 is 5.56 Å². The molecule has 132 valence electrons. The molecule has 0 radical (unpaired) electrons. The molecule has 6 heteroatoms. The molecule has 3 heterocycles. The first-order valence-electron chi connectivity index (χ1n) is 9.26. The van der Waals surface area contributed by atoms with Crippen molar-refractivity contribution in [1.29, 1.82) is 0 Å². The zero-order chi connectivity index (χ0) is 17.2. The van der Waals surface area contributed by atoms with Gasteiger partial charge in [-0.25, -0.2) is 14.6 Å². The zero-order valence-corrected chi connectivity index (χ0v) is 14.8. The molecule has 4 rings (SSSR count). The Morgan fingerprint density at radius 1 is 1.12 bits per heavy atom. The Morgan fingerprint density at radius 2 is 1.92 bits per heavy atom. The normalized spacial score (nSPS) is 19.2. The fourth-order valence-corrected chi connectivity index (χ4v) is 3.52. The van der Waals surface area contributed by atoms with Gasteiger partial charge in [-0.1, -0.05) is 0 Å². The van der Waals surface area contributed by atoms with Gasteiger partial charge < -0.3 is 0 Å². The van der Waals surface area contributed by atoms with Crippen LogP contribution in [0.2, 0.25) is 0 Å². The lowest BCUT2D eigenvalue weighted by molar-refractivity contribution is 0.161. The minimum atomic E-state index is 0.00150. The molecule has 2 fully saturated rings. The Bertz CT molecular complexity index is 790. The van der Waals surface area contributed by atoms with Gasteiger partial charge in [0.25, 0.3) is 5.56 Å². The maximum Gasteiger partial charge on any atom is 0.266 e. The van der Waals surface area contributed by atoms with Crippen molar-refractivity contribution in [2.45, 2.75) is 51.6 Å². The van der Waals surface area contributed by atoms with Crippen molar-refractivity contribution < 1.29 is 0 Å². The molecular weight excluding hydrogens is 314 g/mol. The summed E-state index contributed by atoms with van der Waals surface area (Å²) in [6.45, 7) is 5.66. The summed E-state index contributed by atoms with van der Waals surface area (Å²) in [7, 11) is 0. The monoisotopic (exact) mass is 339 g/mol. The number of rotatable bonds is 5. The van der Waals surface area contributed by atoms with E-state index in [2.05, 4.69) is 15.0 Å². The van der Waals surface area contributed by atoms with Crippen molar-refractivity contribution in [3.8, 4) is 0 Å². The third kappa shape index (κ3) is 4.12. The third-order valence-electron chi connectivity index (χ3n) is 5.20. The minimum Gasteiger partial charge on any atom is -0.297 e. The van der Waals surface area contributed by atoms with Crippen molar-refractivity contribution in [3.05, 3.63) is 52.0 Å². The quantitative estimate of drug-likeness (QED) is 0.835. The van der Waals surface area contributed by atoms with Crippen molar-refractivity contribution >= 4 is 0 Å². The lowest BCUT2D eigenvalue weighted by atomic mass is 9.96. The third-order valence-corrected chi connectivity index (χ3v) is 5.20. The number of piperidine rings is 1. The summed E-state index contributed by atoms with van der Waals surface area (Å²) in [6, 6.07) is 5.43. The van der Waals surface area contributed by atoms with Crippen LogP contribution in [0.5, 0.6) is 0 Å². The molecule has 2 aromatic rings. The molecule has 1 aliphatic carbocycles. The second kappa shape index (κ2) is 7.04. The summed E-state index contributed by atoms with van der Waals surface area (Å²) >= 11 is 0. The fraction of sp³-hybridized carbons (Fsp3) is 0.579. The van der Waals surface area contributed by atoms with Crippen LogP contribution in [0.4, 0.5) is 0 Å². The Labute approximate surface area is 147 Å². The Morgan fingerprint density at radius 3 is 2.68 bits per heavy atom. The standard InChI is InChI=1S/C19H25N5O/c1-14-2-5-18(25)24(22-14)12-15-7-10-23(11-8-15)13-17-6-9-20-19(21-17)16-3-4-16/h2,5-6,9,15-16H,3-4,7-8,10-13H2,1H3. The molecule has 0 bridgehead atoms. The Kier molecular flexibility index (Phi) is 4.61. The van der Waals surface area contributed by atoms with Crippen LogP contribution in [-0.4, -0.2) is 37.7 Å². The van der Waals surface area contributed by atoms with Gasteiger partial charge in [0.05, 0.1) is 11.4 Å². The number of aromatic nitrogens is 4. The number of hydrogen-bond donors (Lipinski definition) is 0. The molecule has 0 atom stereocenters. The van der Waals surface area contributed by atoms with Gasteiger partial charge in [0, 0.05) is 31.3 Å². The molecule has 1 saturated carbocycles. The van der Waals surface area contributed by atoms with Gasteiger partial charge in [0.1, 0.15) is 5.82 Å². The van der Waals surface area contributed by atoms with E-state index in [4.69, 9.17) is 4.98 Å². The van der Waals surface area contributed by atoms with Gasteiger partial charge in [-0.2, -0.15) is 5.10 Å². The van der Waals surface area contributed by atoms with Crippen molar-refractivity contribution in [2.24, 2.45) is 5.92 Å². The molecular formula is C19H25N5O. The summed E-state index contributed by atoms with van der Waals surface area (Å²) in [6.07, 6.45) is 6.58. The van der Waals surface area contributed by atoms with Gasteiger partial charge in [-0.3, -0.25) is 9.69 Å². The molecule has 0 amide bonds. The molecule has 1 aliphatic heterocycles. The highest BCUT2D eigenvalue weighted by molar-refractivity contribution is 5.10. The van der Waals surface area contributed by atoms with Crippen LogP contribution in [-0.2, 0) is 13.1 Å². The van der Waals surface area contributed by atoms with Crippen LogP contribution in [0.1, 0.15) is 48.8 Å². The predicted octanol–water partition coefficient (Wildman–Crippen LogP) is 2.13. The molecule has 2 aromatic heterocycles. The maximum absolute atomic E-state index is 11.9. The highest BCUT2D eigenvalue weighted by atomic mass is 16.1. The van der Waals surface area contributed by atoms with E-state index < -0.39 is 0 Å². The van der Waals surface area contributed by atoms with E-state index in [1.807, 2.05) is 19.2 Å². The molecule has 6 nitrogen and oxygen atoms in total. The van der Waals surface area contributed by atoms with Gasteiger partial charge in [-0.15, -0.1) is 0 Å². The molecule has 2 aliphatic rings. The fourth-order valence-electron chi connectivity index (χ4n) is 3.52. The smallest absolute Gasteiger partial charge is 0.266 e. The summed E-state index contributed by atoms with van der Waals surface area (Å²) in [5.74, 6) is 2.15. The van der Waals surface area contributed by atoms with E-state index in [0.29, 0.717) is 11.8 Å². The number of hydrogen-bond acceptors (Lipinski definition) is 5. The first-order chi connectivity index (χ1) is 12.2. The van der Waals surface area contributed by atoms with E-state index >= 15 is 0 Å². The number of nitrogens with zero attached hydrogens (tertiary/aromatic N) is 5. The number of aryl methyl sites for hydroxylation is 1. The van der Waals surface area contributed by atoms with E-state index in [9.17, 15) is 4.79 Å².